The van der Waals surface area contributed by atoms with E-state index in [2.05, 4.69) is 38.1 Å². The number of rotatable bonds is 8. The molecule has 220 valence electrons. The minimum Gasteiger partial charge on any atom is -0.481 e. The van der Waals surface area contributed by atoms with E-state index in [1.807, 2.05) is 52.8 Å². The number of aliphatic carboxylic acids is 2. The maximum atomic E-state index is 11.5. The van der Waals surface area contributed by atoms with Crippen LogP contribution in [-0.4, -0.2) is 44.9 Å². The first kappa shape index (κ1) is 30.3. The summed E-state index contributed by atoms with van der Waals surface area (Å²) in [7, 11) is 0. The number of carboxylic acid groups (broad SMARTS) is 2. The highest BCUT2D eigenvalue weighted by Crippen LogP contribution is 2.48. The third kappa shape index (κ3) is 6.31. The molecule has 2 atom stereocenters. The van der Waals surface area contributed by atoms with Crippen molar-refractivity contribution in [1.82, 2.24) is 4.90 Å². The van der Waals surface area contributed by atoms with E-state index in [0.29, 0.717) is 29.0 Å². The van der Waals surface area contributed by atoms with Crippen LogP contribution in [0.5, 0.6) is 0 Å². The van der Waals surface area contributed by atoms with Crippen LogP contribution in [0.2, 0.25) is 0 Å². The molecule has 1 saturated heterocycles. The molecule has 1 aliphatic heterocycles. The molecule has 2 N–H and O–H groups in total. The highest BCUT2D eigenvalue weighted by atomic mass is 32.2. The number of nitriles is 2. The predicted molar refractivity (Wildman–Crippen MR) is 168 cm³/mol. The van der Waals surface area contributed by atoms with Crippen LogP contribution in [0.3, 0.4) is 0 Å². The average molecular weight is 614 g/mol. The number of aryl methyl sites for hydroxylation is 2. The van der Waals surface area contributed by atoms with Gasteiger partial charge in [-0.25, -0.2) is 0 Å². The number of hydrogen-bond donors (Lipinski definition) is 2. The van der Waals surface area contributed by atoms with Gasteiger partial charge in [-0.3, -0.25) is 9.59 Å². The fourth-order valence-corrected chi connectivity index (χ4v) is 8.66. The van der Waals surface area contributed by atoms with Gasteiger partial charge >= 0.3 is 11.9 Å². The SMILES string of the molecule is Cc1ccc2sc(C(C#N)=C3C=C(C(C#N)=C4SC5C=CC=CC5N4CCC(=O)O)CC(C)(C)C3)[n+](CCC(=O)O)c2c1. The maximum Gasteiger partial charge on any atom is 0.309 e. The van der Waals surface area contributed by atoms with Gasteiger partial charge in [-0.2, -0.15) is 15.1 Å². The van der Waals surface area contributed by atoms with Gasteiger partial charge in [-0.15, -0.1) is 0 Å². The van der Waals surface area contributed by atoms with Gasteiger partial charge in [-0.05, 0) is 48.0 Å². The Morgan fingerprint density at radius 3 is 2.49 bits per heavy atom. The van der Waals surface area contributed by atoms with Crippen LogP contribution in [0.25, 0.3) is 15.8 Å². The summed E-state index contributed by atoms with van der Waals surface area (Å²) in [6.07, 6.45) is 11.2. The standard InChI is InChI=1S/C33H32N4O4S2/c1-20-8-9-28-26(14-20)37(13-11-30(40)41)32(43-28)24(19-35)22-15-21(16-33(2,3)17-22)23(18-34)31-36(12-10-29(38)39)25-6-4-5-7-27(25)42-31/h4-9,14-15,25,27H,10-13,16-17H2,1-3H3,(H-,38,39,40,41)/p+1. The van der Waals surface area contributed by atoms with E-state index in [1.165, 1.54) is 11.3 Å². The third-order valence-electron chi connectivity index (χ3n) is 7.88. The number of nitrogens with zero attached hydrogens (tertiary/aromatic N) is 4. The molecular formula is C33H33N4O4S2+. The Hall–Kier alpha value is -4.12. The number of thioether (sulfide) groups is 1. The predicted octanol–water partition coefficient (Wildman–Crippen LogP) is 6.12. The number of thiazole rings is 1. The van der Waals surface area contributed by atoms with Gasteiger partial charge < -0.3 is 15.1 Å². The minimum absolute atomic E-state index is 0.0372. The summed E-state index contributed by atoms with van der Waals surface area (Å²) in [5.41, 5.74) is 4.32. The summed E-state index contributed by atoms with van der Waals surface area (Å²) < 4.78 is 2.91. The van der Waals surface area contributed by atoms with Crippen LogP contribution in [-0.2, 0) is 16.1 Å². The van der Waals surface area contributed by atoms with Gasteiger partial charge in [0, 0.05) is 12.6 Å². The second kappa shape index (κ2) is 12.2. The fourth-order valence-electron chi connectivity index (χ4n) is 6.02. The Labute approximate surface area is 259 Å². The van der Waals surface area contributed by atoms with Crippen LogP contribution in [0.4, 0.5) is 0 Å². The van der Waals surface area contributed by atoms with E-state index < -0.39 is 11.9 Å². The minimum atomic E-state index is -0.908. The molecule has 0 amide bonds. The smallest absolute Gasteiger partial charge is 0.309 e. The van der Waals surface area contributed by atoms with Crippen molar-refractivity contribution in [3.8, 4) is 12.1 Å². The van der Waals surface area contributed by atoms with Crippen LogP contribution >= 0.6 is 23.1 Å². The molecule has 0 saturated carbocycles. The van der Waals surface area contributed by atoms with Gasteiger partial charge in [-0.1, -0.05) is 73.4 Å². The number of carbonyl (C=O) groups is 2. The van der Waals surface area contributed by atoms with Crippen molar-refractivity contribution in [3.05, 3.63) is 80.9 Å². The third-order valence-corrected chi connectivity index (χ3v) is 10.4. The quantitative estimate of drug-likeness (QED) is 0.269. The number of benzene rings is 1. The molecule has 2 unspecified atom stereocenters. The molecule has 8 nitrogen and oxygen atoms in total. The molecule has 1 fully saturated rings. The van der Waals surface area contributed by atoms with E-state index in [9.17, 15) is 30.3 Å². The fraction of sp³-hybridized carbons (Fsp3) is 0.364. The molecule has 1 aromatic heterocycles. The molecule has 2 aliphatic carbocycles. The molecule has 43 heavy (non-hydrogen) atoms. The zero-order valence-electron chi connectivity index (χ0n) is 24.3. The topological polar surface area (TPSA) is 129 Å². The number of aromatic nitrogens is 1. The zero-order valence-corrected chi connectivity index (χ0v) is 26.0. The Morgan fingerprint density at radius 1 is 1.07 bits per heavy atom. The second-order valence-corrected chi connectivity index (χ2v) is 14.0. The molecule has 1 aromatic carbocycles. The molecule has 0 spiro atoms. The number of fused-ring (bicyclic) bond motifs is 2. The van der Waals surface area contributed by atoms with Crippen molar-refractivity contribution in [3.63, 3.8) is 0 Å². The Balaban J connectivity index is 1.68. The van der Waals surface area contributed by atoms with Crippen LogP contribution in [0, 0.1) is 35.0 Å². The lowest BCUT2D eigenvalue weighted by molar-refractivity contribution is -0.668. The van der Waals surface area contributed by atoms with Gasteiger partial charge in [0.05, 0.1) is 28.3 Å². The van der Waals surface area contributed by atoms with Crippen molar-refractivity contribution in [1.29, 1.82) is 10.5 Å². The molecule has 0 bridgehead atoms. The summed E-state index contributed by atoms with van der Waals surface area (Å²) in [5.74, 6) is -1.80. The number of hydrogen-bond acceptors (Lipinski definition) is 7. The van der Waals surface area contributed by atoms with E-state index in [1.54, 1.807) is 11.8 Å². The molecule has 5 rings (SSSR count). The summed E-state index contributed by atoms with van der Waals surface area (Å²) in [4.78, 5) is 25.1. The second-order valence-electron chi connectivity index (χ2n) is 11.8. The summed E-state index contributed by atoms with van der Waals surface area (Å²) in [6, 6.07) is 10.9. The number of allylic oxidation sites excluding steroid dienone is 7. The van der Waals surface area contributed by atoms with Crippen LogP contribution < -0.4 is 4.57 Å². The lowest BCUT2D eigenvalue weighted by Gasteiger charge is -2.33. The first-order chi connectivity index (χ1) is 20.5. The lowest BCUT2D eigenvalue weighted by atomic mass is 9.73. The van der Waals surface area contributed by atoms with Gasteiger partial charge in [0.25, 0.3) is 5.01 Å². The molecular weight excluding hydrogens is 581 g/mol. The zero-order chi connectivity index (χ0) is 30.9. The van der Waals surface area contributed by atoms with Crippen LogP contribution in [0.1, 0.15) is 50.1 Å². The lowest BCUT2D eigenvalue weighted by Crippen LogP contribution is -2.37. The highest BCUT2D eigenvalue weighted by molar-refractivity contribution is 8.04. The van der Waals surface area contributed by atoms with Crippen molar-refractivity contribution in [2.24, 2.45) is 5.41 Å². The van der Waals surface area contributed by atoms with Crippen molar-refractivity contribution >= 4 is 50.8 Å². The van der Waals surface area contributed by atoms with E-state index in [0.717, 1.165) is 32.0 Å². The maximum absolute atomic E-state index is 11.5. The molecule has 3 aliphatic rings. The van der Waals surface area contributed by atoms with Crippen molar-refractivity contribution in [2.75, 3.05) is 6.54 Å². The molecule has 0 radical (unpaired) electrons. The number of carboxylic acids is 2. The summed E-state index contributed by atoms with van der Waals surface area (Å²) in [6.45, 7) is 6.75. The van der Waals surface area contributed by atoms with E-state index in [4.69, 9.17) is 0 Å². The summed E-state index contributed by atoms with van der Waals surface area (Å²) >= 11 is 3.06. The van der Waals surface area contributed by atoms with Gasteiger partial charge in [0.2, 0.25) is 5.52 Å². The largest absolute Gasteiger partial charge is 0.481 e. The Bertz CT molecular complexity index is 1750. The van der Waals surface area contributed by atoms with Crippen LogP contribution in [0.15, 0.2) is 70.3 Å². The van der Waals surface area contributed by atoms with E-state index >= 15 is 0 Å². The van der Waals surface area contributed by atoms with E-state index in [-0.39, 0.29) is 42.6 Å². The van der Waals surface area contributed by atoms with Gasteiger partial charge in [0.1, 0.15) is 28.8 Å². The molecule has 2 aromatic rings. The Morgan fingerprint density at radius 2 is 1.79 bits per heavy atom. The first-order valence-electron chi connectivity index (χ1n) is 14.1. The monoisotopic (exact) mass is 613 g/mol. The summed E-state index contributed by atoms with van der Waals surface area (Å²) in [5, 5.41) is 41.5. The highest BCUT2D eigenvalue weighted by Gasteiger charge is 2.40. The van der Waals surface area contributed by atoms with Gasteiger partial charge in [0.15, 0.2) is 6.54 Å². The average Bonchev–Trinajstić information content (AvgIpc) is 3.48. The Kier molecular flexibility index (Phi) is 8.64. The molecule has 2 heterocycles. The van der Waals surface area contributed by atoms with Crippen molar-refractivity contribution in [2.45, 2.75) is 64.3 Å². The normalized spacial score (nSPS) is 22.9. The van der Waals surface area contributed by atoms with Crippen molar-refractivity contribution < 1.29 is 24.4 Å². The first-order valence-corrected chi connectivity index (χ1v) is 15.8. The molecule has 10 heteroatoms.